The van der Waals surface area contributed by atoms with Gasteiger partial charge in [0.2, 0.25) is 0 Å². The van der Waals surface area contributed by atoms with E-state index in [-0.39, 0.29) is 6.10 Å². The summed E-state index contributed by atoms with van der Waals surface area (Å²) < 4.78 is 5.68. The average Bonchev–Trinajstić information content (AvgIpc) is 2.91. The number of ether oxygens (including phenoxy) is 1. The molecule has 3 heteroatoms. The number of benzene rings is 1. The van der Waals surface area contributed by atoms with Crippen LogP contribution in [0.5, 0.6) is 5.75 Å². The molecule has 0 bridgehead atoms. The predicted octanol–water partition coefficient (Wildman–Crippen LogP) is 2.66. The lowest BCUT2D eigenvalue weighted by Crippen LogP contribution is -2.36. The highest BCUT2D eigenvalue weighted by Gasteiger charge is 2.20. The summed E-state index contributed by atoms with van der Waals surface area (Å²) >= 11 is 0. The largest absolute Gasteiger partial charge is 0.491 e. The van der Waals surface area contributed by atoms with Gasteiger partial charge in [0.05, 0.1) is 6.10 Å². The molecule has 1 aliphatic rings. The molecule has 0 amide bonds. The van der Waals surface area contributed by atoms with E-state index in [0.717, 1.165) is 31.9 Å². The summed E-state index contributed by atoms with van der Waals surface area (Å²) in [5, 5.41) is 3.44. The zero-order chi connectivity index (χ0) is 13.7. The van der Waals surface area contributed by atoms with Crippen molar-refractivity contribution in [2.75, 3.05) is 19.6 Å². The van der Waals surface area contributed by atoms with Crippen molar-refractivity contribution in [1.82, 2.24) is 10.2 Å². The first kappa shape index (κ1) is 14.4. The lowest BCUT2D eigenvalue weighted by molar-refractivity contribution is 0.210. The third-order valence-corrected chi connectivity index (χ3v) is 3.64. The van der Waals surface area contributed by atoms with E-state index in [2.05, 4.69) is 55.3 Å². The minimum Gasteiger partial charge on any atom is -0.491 e. The van der Waals surface area contributed by atoms with E-state index >= 15 is 0 Å². The van der Waals surface area contributed by atoms with E-state index in [4.69, 9.17) is 4.74 Å². The van der Waals surface area contributed by atoms with E-state index in [1.54, 1.807) is 0 Å². The molecule has 1 aromatic rings. The SMILES string of the molecule is CCN(Cc1ccc(OC(C)C)cc1)C1CCNC1. The number of hydrogen-bond acceptors (Lipinski definition) is 3. The van der Waals surface area contributed by atoms with Crippen molar-refractivity contribution in [2.45, 2.75) is 45.9 Å². The van der Waals surface area contributed by atoms with Gasteiger partial charge in [0.25, 0.3) is 0 Å². The van der Waals surface area contributed by atoms with Crippen molar-refractivity contribution in [3.8, 4) is 5.75 Å². The second-order valence-electron chi connectivity index (χ2n) is 5.52. The fraction of sp³-hybridized carbons (Fsp3) is 0.625. The van der Waals surface area contributed by atoms with Crippen LogP contribution >= 0.6 is 0 Å². The number of nitrogens with zero attached hydrogens (tertiary/aromatic N) is 1. The summed E-state index contributed by atoms with van der Waals surface area (Å²) in [6.07, 6.45) is 1.50. The summed E-state index contributed by atoms with van der Waals surface area (Å²) in [7, 11) is 0. The molecule has 1 aliphatic heterocycles. The van der Waals surface area contributed by atoms with E-state index in [1.165, 1.54) is 12.0 Å². The van der Waals surface area contributed by atoms with Crippen molar-refractivity contribution >= 4 is 0 Å². The molecule has 1 atom stereocenters. The Balaban J connectivity index is 1.93. The molecule has 0 aromatic heterocycles. The number of hydrogen-bond donors (Lipinski definition) is 1. The average molecular weight is 262 g/mol. The van der Waals surface area contributed by atoms with Gasteiger partial charge in [-0.15, -0.1) is 0 Å². The van der Waals surface area contributed by atoms with Crippen LogP contribution < -0.4 is 10.1 Å². The molecule has 1 saturated heterocycles. The molecule has 1 N–H and O–H groups in total. The maximum atomic E-state index is 5.68. The summed E-state index contributed by atoms with van der Waals surface area (Å²) in [5.74, 6) is 0.962. The molecule has 1 unspecified atom stereocenters. The molecule has 0 spiro atoms. The standard InChI is InChI=1S/C16H26N2O/c1-4-18(15-9-10-17-11-15)12-14-5-7-16(8-6-14)19-13(2)3/h5-8,13,15,17H,4,9-12H2,1-3H3. The Labute approximate surface area is 116 Å². The van der Waals surface area contributed by atoms with Gasteiger partial charge in [-0.05, 0) is 51.1 Å². The van der Waals surface area contributed by atoms with E-state index in [0.29, 0.717) is 6.04 Å². The van der Waals surface area contributed by atoms with Gasteiger partial charge in [-0.1, -0.05) is 19.1 Å². The van der Waals surface area contributed by atoms with Crippen LogP contribution in [0.2, 0.25) is 0 Å². The van der Waals surface area contributed by atoms with E-state index < -0.39 is 0 Å². The van der Waals surface area contributed by atoms with Crippen molar-refractivity contribution in [2.24, 2.45) is 0 Å². The van der Waals surface area contributed by atoms with Gasteiger partial charge in [-0.25, -0.2) is 0 Å². The maximum absolute atomic E-state index is 5.68. The number of nitrogens with one attached hydrogen (secondary N) is 1. The van der Waals surface area contributed by atoms with Crippen LogP contribution in [0.15, 0.2) is 24.3 Å². The zero-order valence-electron chi connectivity index (χ0n) is 12.4. The topological polar surface area (TPSA) is 24.5 Å². The van der Waals surface area contributed by atoms with Gasteiger partial charge in [-0.2, -0.15) is 0 Å². The highest BCUT2D eigenvalue weighted by atomic mass is 16.5. The lowest BCUT2D eigenvalue weighted by atomic mass is 10.1. The van der Waals surface area contributed by atoms with Crippen LogP contribution in [0, 0.1) is 0 Å². The normalized spacial score (nSPS) is 19.3. The van der Waals surface area contributed by atoms with Gasteiger partial charge in [0.15, 0.2) is 0 Å². The van der Waals surface area contributed by atoms with Crippen LogP contribution in [-0.4, -0.2) is 36.7 Å². The smallest absolute Gasteiger partial charge is 0.119 e. The Morgan fingerprint density at radius 3 is 2.58 bits per heavy atom. The highest BCUT2D eigenvalue weighted by molar-refractivity contribution is 5.27. The summed E-state index contributed by atoms with van der Waals surface area (Å²) in [4.78, 5) is 2.55. The van der Waals surface area contributed by atoms with Crippen molar-refractivity contribution < 1.29 is 4.74 Å². The third kappa shape index (κ3) is 4.22. The first-order chi connectivity index (χ1) is 9.19. The lowest BCUT2D eigenvalue weighted by Gasteiger charge is -2.27. The third-order valence-electron chi connectivity index (χ3n) is 3.64. The first-order valence-electron chi connectivity index (χ1n) is 7.39. The Morgan fingerprint density at radius 2 is 2.05 bits per heavy atom. The van der Waals surface area contributed by atoms with Crippen LogP contribution in [0.3, 0.4) is 0 Å². The van der Waals surface area contributed by atoms with E-state index in [9.17, 15) is 0 Å². The molecule has 3 nitrogen and oxygen atoms in total. The molecule has 0 aliphatic carbocycles. The number of likely N-dealkylation sites (N-methyl/N-ethyl adjacent to an activating group) is 1. The highest BCUT2D eigenvalue weighted by Crippen LogP contribution is 2.17. The van der Waals surface area contributed by atoms with Crippen molar-refractivity contribution in [3.05, 3.63) is 29.8 Å². The molecule has 0 saturated carbocycles. The summed E-state index contributed by atoms with van der Waals surface area (Å²) in [6, 6.07) is 9.22. The van der Waals surface area contributed by atoms with Gasteiger partial charge in [-0.3, -0.25) is 4.90 Å². The zero-order valence-corrected chi connectivity index (χ0v) is 12.4. The van der Waals surface area contributed by atoms with E-state index in [1.807, 2.05) is 0 Å². The predicted molar refractivity (Wildman–Crippen MR) is 79.6 cm³/mol. The Morgan fingerprint density at radius 1 is 1.32 bits per heavy atom. The molecule has 0 radical (unpaired) electrons. The Bertz CT molecular complexity index is 369. The Hall–Kier alpha value is -1.06. The molecular weight excluding hydrogens is 236 g/mol. The van der Waals surface area contributed by atoms with Crippen molar-refractivity contribution in [3.63, 3.8) is 0 Å². The van der Waals surface area contributed by atoms with Gasteiger partial charge >= 0.3 is 0 Å². The quantitative estimate of drug-likeness (QED) is 0.853. The maximum Gasteiger partial charge on any atom is 0.119 e. The molecule has 19 heavy (non-hydrogen) atoms. The van der Waals surface area contributed by atoms with Crippen LogP contribution in [0.1, 0.15) is 32.8 Å². The molecular formula is C16H26N2O. The second kappa shape index (κ2) is 6.92. The fourth-order valence-electron chi connectivity index (χ4n) is 2.63. The molecule has 1 heterocycles. The van der Waals surface area contributed by atoms with Crippen LogP contribution in [-0.2, 0) is 6.54 Å². The van der Waals surface area contributed by atoms with Gasteiger partial charge < -0.3 is 10.1 Å². The molecule has 1 fully saturated rings. The molecule has 106 valence electrons. The Kier molecular flexibility index (Phi) is 5.23. The monoisotopic (exact) mass is 262 g/mol. The first-order valence-corrected chi connectivity index (χ1v) is 7.39. The fourth-order valence-corrected chi connectivity index (χ4v) is 2.63. The van der Waals surface area contributed by atoms with Crippen molar-refractivity contribution in [1.29, 1.82) is 0 Å². The van der Waals surface area contributed by atoms with Crippen LogP contribution in [0.4, 0.5) is 0 Å². The molecule has 1 aromatic carbocycles. The molecule has 2 rings (SSSR count). The van der Waals surface area contributed by atoms with Crippen LogP contribution in [0.25, 0.3) is 0 Å². The summed E-state index contributed by atoms with van der Waals surface area (Å²) in [6.45, 7) is 10.8. The number of rotatable bonds is 6. The second-order valence-corrected chi connectivity index (χ2v) is 5.52. The van der Waals surface area contributed by atoms with Gasteiger partial charge in [0.1, 0.15) is 5.75 Å². The minimum atomic E-state index is 0.238. The summed E-state index contributed by atoms with van der Waals surface area (Å²) in [5.41, 5.74) is 1.37. The van der Waals surface area contributed by atoms with Gasteiger partial charge in [0, 0.05) is 19.1 Å². The minimum absolute atomic E-state index is 0.238.